The van der Waals surface area contributed by atoms with E-state index in [0.717, 1.165) is 44.9 Å². The third-order valence-electron chi connectivity index (χ3n) is 7.95. The molecule has 5 fully saturated rings. The van der Waals surface area contributed by atoms with Crippen molar-refractivity contribution in [1.29, 1.82) is 0 Å². The monoisotopic (exact) mass is 378 g/mol. The van der Waals surface area contributed by atoms with Crippen LogP contribution < -0.4 is 0 Å². The first kappa shape index (κ1) is 18.2. The number of fused-ring (bicyclic) bond motifs is 4. The zero-order chi connectivity index (χ0) is 18.7. The van der Waals surface area contributed by atoms with Crippen molar-refractivity contribution >= 4 is 11.6 Å². The first-order valence-electron chi connectivity index (χ1n) is 10.7. The summed E-state index contributed by atoms with van der Waals surface area (Å²) in [5.41, 5.74) is -0.734. The average Bonchev–Trinajstić information content (AvgIpc) is 3.37. The Kier molecular flexibility index (Phi) is 4.28. The number of hydrogen-bond donors (Lipinski definition) is 0. The van der Waals surface area contributed by atoms with E-state index in [1.807, 2.05) is 6.92 Å². The minimum Gasteiger partial charge on any atom is -0.347 e. The Hall–Kier alpha value is -0.820. The van der Waals surface area contributed by atoms with Crippen LogP contribution in [0.4, 0.5) is 0 Å². The summed E-state index contributed by atoms with van der Waals surface area (Å²) in [5.74, 6) is -2.46. The number of ether oxygens (including phenoxy) is 4. The number of carbonyl (C=O) groups is 2. The zero-order valence-electron chi connectivity index (χ0n) is 16.2. The van der Waals surface area contributed by atoms with Gasteiger partial charge in [-0.2, -0.15) is 0 Å². The molecular formula is C21H30O6. The normalized spacial score (nSPS) is 43.4. The molecule has 6 heteroatoms. The molecule has 0 unspecified atom stereocenters. The van der Waals surface area contributed by atoms with Gasteiger partial charge in [0.2, 0.25) is 5.79 Å². The molecule has 6 nitrogen and oxygen atoms in total. The van der Waals surface area contributed by atoms with E-state index >= 15 is 0 Å². The number of hydrogen-bond acceptors (Lipinski definition) is 6. The number of Topliss-reactive ketones (excluding diaryl/α,β-unsaturated/α-hetero) is 2. The molecule has 0 radical (unpaired) electrons. The van der Waals surface area contributed by atoms with Gasteiger partial charge in [-0.3, -0.25) is 9.59 Å². The Balaban J connectivity index is 1.63. The van der Waals surface area contributed by atoms with Crippen LogP contribution in [-0.4, -0.2) is 49.6 Å². The van der Waals surface area contributed by atoms with Crippen LogP contribution in [0.5, 0.6) is 0 Å². The van der Waals surface area contributed by atoms with Crippen molar-refractivity contribution in [3.8, 4) is 0 Å². The molecule has 0 N–H and O–H groups in total. The number of carbonyl (C=O) groups excluding carboxylic acids is 2. The van der Waals surface area contributed by atoms with Gasteiger partial charge in [-0.05, 0) is 39.0 Å². The summed E-state index contributed by atoms with van der Waals surface area (Å²) in [5, 5.41) is 0. The predicted molar refractivity (Wildman–Crippen MR) is 94.8 cm³/mol. The van der Waals surface area contributed by atoms with Crippen LogP contribution in [0, 0.1) is 23.2 Å². The van der Waals surface area contributed by atoms with Crippen molar-refractivity contribution in [1.82, 2.24) is 0 Å². The lowest BCUT2D eigenvalue weighted by atomic mass is 9.53. The summed E-state index contributed by atoms with van der Waals surface area (Å²) in [7, 11) is 0. The molecule has 150 valence electrons. The number of rotatable bonds is 1. The van der Waals surface area contributed by atoms with Crippen LogP contribution in [0.25, 0.3) is 0 Å². The maximum Gasteiger partial charge on any atom is 0.232 e. The van der Waals surface area contributed by atoms with Crippen molar-refractivity contribution in [3.05, 3.63) is 0 Å². The molecule has 0 amide bonds. The fourth-order valence-electron chi connectivity index (χ4n) is 6.66. The lowest BCUT2D eigenvalue weighted by Crippen LogP contribution is -2.64. The average molecular weight is 378 g/mol. The van der Waals surface area contributed by atoms with Crippen molar-refractivity contribution in [2.45, 2.75) is 69.9 Å². The molecule has 3 saturated carbocycles. The van der Waals surface area contributed by atoms with E-state index in [1.165, 1.54) is 0 Å². The van der Waals surface area contributed by atoms with E-state index in [2.05, 4.69) is 0 Å². The molecule has 1 spiro atoms. The number of ketones is 2. The highest BCUT2D eigenvalue weighted by atomic mass is 16.7. The fourth-order valence-corrected chi connectivity index (χ4v) is 6.66. The highest BCUT2D eigenvalue weighted by Gasteiger charge is 2.67. The van der Waals surface area contributed by atoms with Crippen LogP contribution in [0.3, 0.4) is 0 Å². The van der Waals surface area contributed by atoms with E-state index in [1.54, 1.807) is 0 Å². The second-order valence-corrected chi connectivity index (χ2v) is 9.11. The third kappa shape index (κ3) is 2.39. The summed E-state index contributed by atoms with van der Waals surface area (Å²) >= 11 is 0. The lowest BCUT2D eigenvalue weighted by molar-refractivity contribution is -0.253. The molecule has 5 aliphatic rings. The van der Waals surface area contributed by atoms with E-state index in [4.69, 9.17) is 18.9 Å². The van der Waals surface area contributed by atoms with Gasteiger partial charge in [-0.25, -0.2) is 0 Å². The van der Waals surface area contributed by atoms with Gasteiger partial charge < -0.3 is 18.9 Å². The second-order valence-electron chi connectivity index (χ2n) is 9.11. The van der Waals surface area contributed by atoms with Gasteiger partial charge in [0.15, 0.2) is 11.6 Å². The van der Waals surface area contributed by atoms with E-state index in [-0.39, 0.29) is 29.3 Å². The highest BCUT2D eigenvalue weighted by molar-refractivity contribution is 5.95. The van der Waals surface area contributed by atoms with E-state index in [9.17, 15) is 9.59 Å². The predicted octanol–water partition coefficient (Wildman–Crippen LogP) is 2.63. The van der Waals surface area contributed by atoms with Crippen molar-refractivity contribution in [2.75, 3.05) is 26.4 Å². The van der Waals surface area contributed by atoms with Gasteiger partial charge in [-0.15, -0.1) is 0 Å². The Morgan fingerprint density at radius 2 is 1.48 bits per heavy atom. The maximum absolute atomic E-state index is 14.1. The standard InChI is InChI=1S/C21H30O6/c1-19(24-9-10-25-19)20-8-4-5-14(13-20)17(22)21(26-11-12-27-21)16-7-3-2-6-15(16)18(20)23/h14-16H,2-13H2,1H3/t14-,15+,16+,20-/m0/s1. The first-order valence-corrected chi connectivity index (χ1v) is 10.7. The highest BCUT2D eigenvalue weighted by Crippen LogP contribution is 2.58. The summed E-state index contributed by atoms with van der Waals surface area (Å²) in [6.07, 6.45) is 6.49. The molecule has 3 aliphatic carbocycles. The SMILES string of the molecule is CC1([C@@]23CCC[C@@H](C2)C(=O)C2(OCCO2)[C@@H]2CCCC[C@H]2C3=O)OCCO1. The molecule has 0 aromatic rings. The Bertz CT molecular complexity index is 633. The van der Waals surface area contributed by atoms with Crippen LogP contribution in [0.2, 0.25) is 0 Å². The summed E-state index contributed by atoms with van der Waals surface area (Å²) in [6, 6.07) is 0. The van der Waals surface area contributed by atoms with E-state index in [0.29, 0.717) is 32.8 Å². The quantitative estimate of drug-likeness (QED) is 0.699. The van der Waals surface area contributed by atoms with E-state index < -0.39 is 17.0 Å². The van der Waals surface area contributed by atoms with Gasteiger partial charge in [0.25, 0.3) is 0 Å². The maximum atomic E-state index is 14.1. The zero-order valence-corrected chi connectivity index (χ0v) is 16.2. The smallest absolute Gasteiger partial charge is 0.232 e. The summed E-state index contributed by atoms with van der Waals surface area (Å²) < 4.78 is 24.1. The first-order chi connectivity index (χ1) is 13.0. The molecule has 2 heterocycles. The molecule has 2 saturated heterocycles. The Labute approximate surface area is 160 Å². The van der Waals surface area contributed by atoms with Crippen LogP contribution in [0.1, 0.15) is 58.3 Å². The largest absolute Gasteiger partial charge is 0.347 e. The molecule has 5 rings (SSSR count). The van der Waals surface area contributed by atoms with Gasteiger partial charge >= 0.3 is 0 Å². The van der Waals surface area contributed by atoms with Crippen molar-refractivity contribution in [2.24, 2.45) is 23.2 Å². The van der Waals surface area contributed by atoms with Gasteiger partial charge in [0.1, 0.15) is 5.78 Å². The molecule has 0 aromatic carbocycles. The summed E-state index contributed by atoms with van der Waals surface area (Å²) in [4.78, 5) is 27.8. The minimum absolute atomic E-state index is 0.0649. The van der Waals surface area contributed by atoms with Gasteiger partial charge in [-0.1, -0.05) is 19.3 Å². The molecular weight excluding hydrogens is 348 g/mol. The Morgan fingerprint density at radius 3 is 2.22 bits per heavy atom. The van der Waals surface area contributed by atoms with Gasteiger partial charge in [0.05, 0.1) is 31.8 Å². The van der Waals surface area contributed by atoms with Gasteiger partial charge in [0, 0.05) is 17.8 Å². The molecule has 0 aromatic heterocycles. The molecule has 27 heavy (non-hydrogen) atoms. The van der Waals surface area contributed by atoms with Crippen molar-refractivity contribution in [3.63, 3.8) is 0 Å². The molecule has 4 atom stereocenters. The second kappa shape index (κ2) is 6.34. The summed E-state index contributed by atoms with van der Waals surface area (Å²) in [6.45, 7) is 3.81. The topological polar surface area (TPSA) is 71.1 Å². The third-order valence-corrected chi connectivity index (χ3v) is 7.95. The van der Waals surface area contributed by atoms with Crippen LogP contribution >= 0.6 is 0 Å². The van der Waals surface area contributed by atoms with Crippen LogP contribution in [-0.2, 0) is 28.5 Å². The lowest BCUT2D eigenvalue weighted by Gasteiger charge is -2.54. The Morgan fingerprint density at radius 1 is 0.815 bits per heavy atom. The molecule has 2 bridgehead atoms. The molecule has 2 aliphatic heterocycles. The minimum atomic E-state index is -1.20. The van der Waals surface area contributed by atoms with Crippen molar-refractivity contribution < 1.29 is 28.5 Å². The fraction of sp³-hybridized carbons (Fsp3) is 0.905. The van der Waals surface area contributed by atoms with Crippen LogP contribution in [0.15, 0.2) is 0 Å².